The van der Waals surface area contributed by atoms with Gasteiger partial charge in [0.2, 0.25) is 0 Å². The molecule has 6 heteroatoms. The van der Waals surface area contributed by atoms with Gasteiger partial charge in [0, 0.05) is 18.8 Å². The second kappa shape index (κ2) is 4.61. The van der Waals surface area contributed by atoms with E-state index < -0.39 is 11.7 Å². The van der Waals surface area contributed by atoms with Gasteiger partial charge in [0.05, 0.1) is 12.7 Å². The number of aromatic nitrogens is 2. The Morgan fingerprint density at radius 3 is 2.89 bits per heavy atom. The molecule has 0 aliphatic carbocycles. The Labute approximate surface area is 106 Å². The lowest BCUT2D eigenvalue weighted by molar-refractivity contribution is 0.0524. The minimum atomic E-state index is -0.475. The van der Waals surface area contributed by atoms with Gasteiger partial charge < -0.3 is 14.8 Å². The number of amides is 1. The zero-order valence-corrected chi connectivity index (χ0v) is 11.1. The molecular weight excluding hydrogens is 234 g/mol. The van der Waals surface area contributed by atoms with Crippen LogP contribution in [-0.2, 0) is 16.5 Å². The van der Waals surface area contributed by atoms with Crippen molar-refractivity contribution in [3.8, 4) is 0 Å². The van der Waals surface area contributed by atoms with Crippen molar-refractivity contribution in [3.05, 3.63) is 18.0 Å². The van der Waals surface area contributed by atoms with E-state index in [4.69, 9.17) is 9.47 Å². The average Bonchev–Trinajstić information content (AvgIpc) is 2.88. The molecule has 2 atom stereocenters. The molecule has 0 bridgehead atoms. The number of hydrogen-bond donors (Lipinski definition) is 1. The van der Waals surface area contributed by atoms with Gasteiger partial charge in [-0.25, -0.2) is 4.79 Å². The number of alkyl carbamates (subject to hydrolysis) is 1. The van der Waals surface area contributed by atoms with E-state index in [1.54, 1.807) is 10.9 Å². The van der Waals surface area contributed by atoms with Gasteiger partial charge >= 0.3 is 6.09 Å². The third-order valence-corrected chi connectivity index (χ3v) is 2.48. The van der Waals surface area contributed by atoms with E-state index in [2.05, 4.69) is 10.4 Å². The van der Waals surface area contributed by atoms with Gasteiger partial charge in [0.25, 0.3) is 0 Å². The molecule has 1 saturated heterocycles. The summed E-state index contributed by atoms with van der Waals surface area (Å²) in [5.41, 5.74) is 0.561. The van der Waals surface area contributed by atoms with Crippen LogP contribution in [0.1, 0.15) is 32.4 Å². The van der Waals surface area contributed by atoms with Crippen molar-refractivity contribution in [2.45, 2.75) is 38.6 Å². The van der Waals surface area contributed by atoms with Crippen molar-refractivity contribution in [2.75, 3.05) is 6.54 Å². The fourth-order valence-electron chi connectivity index (χ4n) is 1.68. The van der Waals surface area contributed by atoms with Crippen molar-refractivity contribution in [1.29, 1.82) is 0 Å². The smallest absolute Gasteiger partial charge is 0.407 e. The topological polar surface area (TPSA) is 68.7 Å². The standard InChI is InChI=1S/C12H19N3O3/c1-12(2,3)18-11(16)13-6-9-10(17-9)8-5-14-15(4)7-8/h5,7,9-10H,6H2,1-4H3,(H,13,16). The molecular formula is C12H19N3O3. The Kier molecular flexibility index (Phi) is 3.30. The highest BCUT2D eigenvalue weighted by Crippen LogP contribution is 2.37. The van der Waals surface area contributed by atoms with Crippen LogP contribution in [0.2, 0.25) is 0 Å². The molecule has 100 valence electrons. The highest BCUT2D eigenvalue weighted by atomic mass is 16.6. The third kappa shape index (κ3) is 3.46. The Morgan fingerprint density at radius 1 is 1.61 bits per heavy atom. The van der Waals surface area contributed by atoms with E-state index in [1.165, 1.54) is 0 Å². The lowest BCUT2D eigenvalue weighted by atomic mass is 10.2. The molecule has 0 spiro atoms. The summed E-state index contributed by atoms with van der Waals surface area (Å²) >= 11 is 0. The summed E-state index contributed by atoms with van der Waals surface area (Å²) in [6.07, 6.45) is 3.33. The minimum Gasteiger partial charge on any atom is -0.444 e. The maximum Gasteiger partial charge on any atom is 0.407 e. The fraction of sp³-hybridized carbons (Fsp3) is 0.667. The maximum atomic E-state index is 11.4. The zero-order chi connectivity index (χ0) is 13.3. The van der Waals surface area contributed by atoms with Crippen LogP contribution >= 0.6 is 0 Å². The number of nitrogens with one attached hydrogen (secondary N) is 1. The van der Waals surface area contributed by atoms with Gasteiger partial charge in [-0.2, -0.15) is 5.10 Å². The second-order valence-corrected chi connectivity index (χ2v) is 5.43. The highest BCUT2D eigenvalue weighted by Gasteiger charge is 2.41. The summed E-state index contributed by atoms with van der Waals surface area (Å²) in [5.74, 6) is 0. The van der Waals surface area contributed by atoms with Gasteiger partial charge in [-0.15, -0.1) is 0 Å². The average molecular weight is 253 g/mol. The Balaban J connectivity index is 1.72. The lowest BCUT2D eigenvalue weighted by Crippen LogP contribution is -2.34. The fourth-order valence-corrected chi connectivity index (χ4v) is 1.68. The van der Waals surface area contributed by atoms with Crippen LogP contribution in [0, 0.1) is 0 Å². The molecule has 0 saturated carbocycles. The first kappa shape index (κ1) is 12.9. The maximum absolute atomic E-state index is 11.4. The molecule has 1 aromatic heterocycles. The van der Waals surface area contributed by atoms with Gasteiger partial charge in [0.1, 0.15) is 17.8 Å². The summed E-state index contributed by atoms with van der Waals surface area (Å²) in [6.45, 7) is 5.95. The lowest BCUT2D eigenvalue weighted by Gasteiger charge is -2.19. The Bertz CT molecular complexity index is 436. The van der Waals surface area contributed by atoms with Crippen molar-refractivity contribution in [2.24, 2.45) is 7.05 Å². The van der Waals surface area contributed by atoms with E-state index in [0.717, 1.165) is 5.56 Å². The number of carbonyl (C=O) groups excluding carboxylic acids is 1. The summed E-state index contributed by atoms with van der Waals surface area (Å²) in [7, 11) is 1.86. The quantitative estimate of drug-likeness (QED) is 0.826. The number of rotatable bonds is 3. The van der Waals surface area contributed by atoms with E-state index in [1.807, 2.05) is 34.0 Å². The minimum absolute atomic E-state index is 0.0155. The van der Waals surface area contributed by atoms with Crippen LogP contribution < -0.4 is 5.32 Å². The first-order valence-electron chi connectivity index (χ1n) is 5.96. The van der Waals surface area contributed by atoms with E-state index in [-0.39, 0.29) is 12.2 Å². The van der Waals surface area contributed by atoms with Gasteiger partial charge in [-0.3, -0.25) is 4.68 Å². The van der Waals surface area contributed by atoms with Crippen LogP contribution in [0.15, 0.2) is 12.4 Å². The van der Waals surface area contributed by atoms with E-state index in [9.17, 15) is 4.79 Å². The zero-order valence-electron chi connectivity index (χ0n) is 11.1. The molecule has 2 unspecified atom stereocenters. The molecule has 0 aromatic carbocycles. The molecule has 1 amide bonds. The van der Waals surface area contributed by atoms with Crippen molar-refractivity contribution < 1.29 is 14.3 Å². The van der Waals surface area contributed by atoms with Crippen molar-refractivity contribution in [3.63, 3.8) is 0 Å². The van der Waals surface area contributed by atoms with E-state index >= 15 is 0 Å². The van der Waals surface area contributed by atoms with Gasteiger partial charge in [-0.1, -0.05) is 0 Å². The number of ether oxygens (including phenoxy) is 2. The predicted molar refractivity (Wildman–Crippen MR) is 65.1 cm³/mol. The Morgan fingerprint density at radius 2 is 2.33 bits per heavy atom. The molecule has 0 radical (unpaired) electrons. The first-order chi connectivity index (χ1) is 8.35. The SMILES string of the molecule is Cn1cc(C2OC2CNC(=O)OC(C)(C)C)cn1. The monoisotopic (exact) mass is 253 g/mol. The van der Waals surface area contributed by atoms with Gasteiger partial charge in [-0.05, 0) is 20.8 Å². The molecule has 1 aliphatic heterocycles. The second-order valence-electron chi connectivity index (χ2n) is 5.43. The third-order valence-electron chi connectivity index (χ3n) is 2.48. The summed E-state index contributed by atoms with van der Waals surface area (Å²) in [5, 5.41) is 6.77. The van der Waals surface area contributed by atoms with Gasteiger partial charge in [0.15, 0.2) is 0 Å². The summed E-state index contributed by atoms with van der Waals surface area (Å²) < 4.78 is 12.3. The molecule has 1 N–H and O–H groups in total. The molecule has 1 fully saturated rings. The van der Waals surface area contributed by atoms with Crippen molar-refractivity contribution in [1.82, 2.24) is 15.1 Å². The van der Waals surface area contributed by atoms with Crippen LogP contribution in [0.3, 0.4) is 0 Å². The van der Waals surface area contributed by atoms with E-state index in [0.29, 0.717) is 6.54 Å². The molecule has 2 rings (SSSR count). The number of hydrogen-bond acceptors (Lipinski definition) is 4. The number of carbonyl (C=O) groups is 1. The summed E-state index contributed by atoms with van der Waals surface area (Å²) in [6, 6.07) is 0. The normalized spacial score (nSPS) is 22.7. The van der Waals surface area contributed by atoms with Crippen LogP contribution in [-0.4, -0.2) is 34.1 Å². The highest BCUT2D eigenvalue weighted by molar-refractivity contribution is 5.67. The predicted octanol–water partition coefficient (Wildman–Crippen LogP) is 1.38. The number of nitrogens with zero attached hydrogens (tertiary/aromatic N) is 2. The number of aryl methyl sites for hydroxylation is 1. The summed E-state index contributed by atoms with van der Waals surface area (Å²) in [4.78, 5) is 11.4. The molecule has 1 aliphatic rings. The first-order valence-corrected chi connectivity index (χ1v) is 5.96. The van der Waals surface area contributed by atoms with Crippen LogP contribution in [0.5, 0.6) is 0 Å². The molecule has 1 aromatic rings. The molecule has 18 heavy (non-hydrogen) atoms. The molecule has 2 heterocycles. The largest absolute Gasteiger partial charge is 0.444 e. The van der Waals surface area contributed by atoms with Crippen molar-refractivity contribution >= 4 is 6.09 Å². The Hall–Kier alpha value is -1.56. The number of epoxide rings is 1. The van der Waals surface area contributed by atoms with Crippen LogP contribution in [0.4, 0.5) is 4.79 Å². The molecule has 6 nitrogen and oxygen atoms in total. The van der Waals surface area contributed by atoms with Crippen LogP contribution in [0.25, 0.3) is 0 Å².